The maximum Gasteiger partial charge on any atom is 0.400 e. The highest BCUT2D eigenvalue weighted by atomic mass is 35.5. The van der Waals surface area contributed by atoms with Crippen LogP contribution in [0.1, 0.15) is 24.1 Å². The van der Waals surface area contributed by atoms with E-state index in [9.17, 15) is 13.3 Å². The lowest BCUT2D eigenvalue weighted by atomic mass is 10.2. The summed E-state index contributed by atoms with van der Waals surface area (Å²) in [6.45, 7) is 2.31. The van der Waals surface area contributed by atoms with Gasteiger partial charge >= 0.3 is 11.3 Å². The van der Waals surface area contributed by atoms with Crippen molar-refractivity contribution in [2.45, 2.75) is 25.0 Å². The van der Waals surface area contributed by atoms with Gasteiger partial charge in [-0.1, -0.05) is 17.3 Å². The van der Waals surface area contributed by atoms with E-state index in [1.807, 2.05) is 24.3 Å². The first-order chi connectivity index (χ1) is 14.7. The zero-order valence-electron chi connectivity index (χ0n) is 16.7. The maximum atomic E-state index is 13.2. The Hall–Kier alpha value is -2.39. The Morgan fingerprint density at radius 1 is 1.29 bits per heavy atom. The van der Waals surface area contributed by atoms with Crippen molar-refractivity contribution in [3.63, 3.8) is 0 Å². The fourth-order valence-corrected chi connectivity index (χ4v) is 4.49. The number of pyridine rings is 1. The van der Waals surface area contributed by atoms with E-state index in [0.717, 1.165) is 5.56 Å². The number of ether oxygens (including phenoxy) is 1. The Kier molecular flexibility index (Phi) is 7.38. The molecular weight excluding hydrogens is 453 g/mol. The van der Waals surface area contributed by atoms with Crippen LogP contribution in [0, 0.1) is 0 Å². The minimum atomic E-state index is -3.75. The standard InChI is InChI=1S/C19H20ClF2N4O4P/c1-3-29-31(27,24-10-13-5-4-6-16(9-13)28-2)12-15-8-7-14(11-23-15)17-25-18(30-26-17)19(20,21)22/h4-9,11H,3,10,12H2,1-2H3,(H,24,27). The summed E-state index contributed by atoms with van der Waals surface area (Å²) in [7, 11) is -1.68. The fourth-order valence-electron chi connectivity index (χ4n) is 2.67. The van der Waals surface area contributed by atoms with Crippen molar-refractivity contribution in [2.75, 3.05) is 13.7 Å². The summed E-state index contributed by atoms with van der Waals surface area (Å²) in [5.41, 5.74) is 1.70. The van der Waals surface area contributed by atoms with Crippen molar-refractivity contribution < 1.29 is 27.1 Å². The van der Waals surface area contributed by atoms with Crippen molar-refractivity contribution >= 4 is 19.1 Å². The maximum absolute atomic E-state index is 13.2. The van der Waals surface area contributed by atoms with E-state index in [0.29, 0.717) is 23.6 Å². The van der Waals surface area contributed by atoms with E-state index in [2.05, 4.69) is 24.7 Å². The minimum Gasteiger partial charge on any atom is -0.497 e. The predicted molar refractivity (Wildman–Crippen MR) is 110 cm³/mol. The van der Waals surface area contributed by atoms with Crippen LogP contribution in [0.2, 0.25) is 0 Å². The fraction of sp³-hybridized carbons (Fsp3) is 0.316. The van der Waals surface area contributed by atoms with Crippen LogP contribution >= 0.6 is 19.1 Å². The van der Waals surface area contributed by atoms with E-state index in [4.69, 9.17) is 20.9 Å². The molecule has 1 unspecified atom stereocenters. The third-order valence-corrected chi connectivity index (χ3v) is 6.33. The first kappa shape index (κ1) is 23.3. The van der Waals surface area contributed by atoms with Crippen LogP contribution in [0.25, 0.3) is 11.4 Å². The number of alkyl halides is 3. The van der Waals surface area contributed by atoms with Gasteiger partial charge in [-0.25, -0.2) is 5.09 Å². The number of hydrogen-bond donors (Lipinski definition) is 1. The Morgan fingerprint density at radius 3 is 2.71 bits per heavy atom. The molecule has 3 rings (SSSR count). The number of hydrogen-bond acceptors (Lipinski definition) is 7. The molecule has 0 saturated carbocycles. The molecule has 0 fully saturated rings. The predicted octanol–water partition coefficient (Wildman–Crippen LogP) is 4.95. The molecule has 166 valence electrons. The van der Waals surface area contributed by atoms with E-state index >= 15 is 0 Å². The van der Waals surface area contributed by atoms with Crippen LogP contribution in [-0.4, -0.2) is 28.8 Å². The van der Waals surface area contributed by atoms with Crippen LogP contribution in [0.4, 0.5) is 8.78 Å². The quantitative estimate of drug-likeness (QED) is 0.327. The number of rotatable bonds is 10. The summed E-state index contributed by atoms with van der Waals surface area (Å²) in [5, 5.41) is 2.70. The third-order valence-electron chi connectivity index (χ3n) is 4.12. The zero-order valence-corrected chi connectivity index (χ0v) is 18.4. The van der Waals surface area contributed by atoms with Crippen molar-refractivity contribution in [2.24, 2.45) is 0 Å². The smallest absolute Gasteiger partial charge is 0.400 e. The van der Waals surface area contributed by atoms with Gasteiger partial charge in [0.05, 0.1) is 25.6 Å². The number of aromatic nitrogens is 3. The number of halogens is 3. The van der Waals surface area contributed by atoms with Gasteiger partial charge in [-0.3, -0.25) is 9.55 Å². The second-order valence-electron chi connectivity index (χ2n) is 6.39. The van der Waals surface area contributed by atoms with E-state index in [1.54, 1.807) is 26.2 Å². The molecule has 1 N–H and O–H groups in total. The van der Waals surface area contributed by atoms with Crippen molar-refractivity contribution in [1.82, 2.24) is 20.2 Å². The highest BCUT2D eigenvalue weighted by Crippen LogP contribution is 2.46. The SMILES string of the molecule is CCOP(=O)(Cc1ccc(-c2noc(C(F)(F)Cl)n2)cn1)NCc1cccc(OC)c1. The molecule has 12 heteroatoms. The minimum absolute atomic E-state index is 0.0301. The van der Waals surface area contributed by atoms with Crippen LogP contribution in [-0.2, 0) is 27.2 Å². The molecule has 3 aromatic rings. The van der Waals surface area contributed by atoms with Crippen molar-refractivity contribution in [3.05, 3.63) is 59.7 Å². The molecule has 8 nitrogen and oxygen atoms in total. The molecule has 0 aliphatic heterocycles. The second-order valence-corrected chi connectivity index (χ2v) is 9.11. The lowest BCUT2D eigenvalue weighted by Gasteiger charge is -2.19. The molecule has 1 atom stereocenters. The molecule has 0 spiro atoms. The molecular formula is C19H20ClF2N4O4P. The number of nitrogens with one attached hydrogen (secondary N) is 1. The summed E-state index contributed by atoms with van der Waals surface area (Å²) in [6.07, 6.45) is 1.40. The van der Waals surface area contributed by atoms with Crippen LogP contribution < -0.4 is 9.82 Å². The first-order valence-corrected chi connectivity index (χ1v) is 11.4. The van der Waals surface area contributed by atoms with Gasteiger partial charge in [0, 0.05) is 18.3 Å². The third kappa shape index (κ3) is 6.30. The van der Waals surface area contributed by atoms with Gasteiger partial charge in [-0.2, -0.15) is 13.8 Å². The summed E-state index contributed by atoms with van der Waals surface area (Å²) < 4.78 is 54.5. The van der Waals surface area contributed by atoms with E-state index in [1.165, 1.54) is 6.20 Å². The molecule has 2 heterocycles. The van der Waals surface area contributed by atoms with E-state index < -0.39 is 18.8 Å². The topological polar surface area (TPSA) is 99.4 Å². The molecule has 0 aliphatic carbocycles. The van der Waals surface area contributed by atoms with Crippen LogP contribution in [0.15, 0.2) is 47.1 Å². The summed E-state index contributed by atoms with van der Waals surface area (Å²) >= 11 is 4.87. The number of nitrogens with zero attached hydrogens (tertiary/aromatic N) is 3. The van der Waals surface area contributed by atoms with Gasteiger partial charge in [-0.05, 0) is 48.4 Å². The van der Waals surface area contributed by atoms with Crippen LogP contribution in [0.5, 0.6) is 5.75 Å². The molecule has 0 aliphatic rings. The lowest BCUT2D eigenvalue weighted by molar-refractivity contribution is 0.0551. The van der Waals surface area contributed by atoms with Crippen molar-refractivity contribution in [1.29, 1.82) is 0 Å². The number of benzene rings is 1. The van der Waals surface area contributed by atoms with Gasteiger partial charge in [0.15, 0.2) is 0 Å². The Labute approximate surface area is 182 Å². The average molecular weight is 473 g/mol. The van der Waals surface area contributed by atoms with E-state index in [-0.39, 0.29) is 18.6 Å². The normalized spacial score (nSPS) is 13.7. The van der Waals surface area contributed by atoms with Gasteiger partial charge < -0.3 is 13.8 Å². The second kappa shape index (κ2) is 9.82. The van der Waals surface area contributed by atoms with Gasteiger partial charge in [0.1, 0.15) is 5.75 Å². The first-order valence-electron chi connectivity index (χ1n) is 9.20. The molecule has 2 aromatic heterocycles. The Balaban J connectivity index is 1.70. The van der Waals surface area contributed by atoms with Gasteiger partial charge in [-0.15, -0.1) is 0 Å². The van der Waals surface area contributed by atoms with Crippen LogP contribution in [0.3, 0.4) is 0 Å². The zero-order chi connectivity index (χ0) is 22.5. The van der Waals surface area contributed by atoms with Gasteiger partial charge in [0.2, 0.25) is 5.82 Å². The average Bonchev–Trinajstić information content (AvgIpc) is 3.24. The lowest BCUT2D eigenvalue weighted by Crippen LogP contribution is -2.14. The highest BCUT2D eigenvalue weighted by Gasteiger charge is 2.35. The Morgan fingerprint density at radius 2 is 2.10 bits per heavy atom. The molecule has 0 amide bonds. The molecule has 0 radical (unpaired) electrons. The molecule has 31 heavy (non-hydrogen) atoms. The van der Waals surface area contributed by atoms with Gasteiger partial charge in [0.25, 0.3) is 7.52 Å². The highest BCUT2D eigenvalue weighted by molar-refractivity contribution is 7.56. The molecule has 1 aromatic carbocycles. The summed E-state index contributed by atoms with van der Waals surface area (Å²) in [5.74, 6) is -0.395. The molecule has 0 saturated heterocycles. The Bertz CT molecular complexity index is 1060. The summed E-state index contributed by atoms with van der Waals surface area (Å²) in [4.78, 5) is 7.78. The number of methoxy groups -OCH3 is 1. The molecule has 0 bridgehead atoms. The largest absolute Gasteiger partial charge is 0.497 e. The van der Waals surface area contributed by atoms with Crippen molar-refractivity contribution in [3.8, 4) is 17.1 Å². The monoisotopic (exact) mass is 472 g/mol. The summed E-state index contributed by atoms with van der Waals surface area (Å²) in [6, 6.07) is 10.5.